The average molecular weight is 833 g/mol. The third-order valence-electron chi connectivity index (χ3n) is 11.8. The summed E-state index contributed by atoms with van der Waals surface area (Å²) in [6.07, 6.45) is 53.4. The normalized spacial score (nSPS) is 12.0. The lowest BCUT2D eigenvalue weighted by atomic mass is 10.0. The fourth-order valence-electron chi connectivity index (χ4n) is 7.78. The Kier molecular flexibility index (Phi) is 47.3. The molecule has 0 aromatic carbocycles. The van der Waals surface area contributed by atoms with Crippen LogP contribution in [0.5, 0.6) is 0 Å². The lowest BCUT2D eigenvalue weighted by Crippen LogP contribution is -2.30. The third kappa shape index (κ3) is 47.1. The smallest absolute Gasteiger partial charge is 0.306 e. The largest absolute Gasteiger partial charge is 0.462 e. The van der Waals surface area contributed by atoms with Crippen LogP contribution in [-0.2, 0) is 28.6 Å². The van der Waals surface area contributed by atoms with Gasteiger partial charge in [-0.1, -0.05) is 245 Å². The van der Waals surface area contributed by atoms with E-state index in [4.69, 9.17) is 14.2 Å². The van der Waals surface area contributed by atoms with Gasteiger partial charge in [0.25, 0.3) is 0 Å². The Morgan fingerprint density at radius 3 is 0.898 bits per heavy atom. The molecule has 0 saturated heterocycles. The monoisotopic (exact) mass is 833 g/mol. The summed E-state index contributed by atoms with van der Waals surface area (Å²) >= 11 is 0. The Labute approximate surface area is 367 Å². The summed E-state index contributed by atoms with van der Waals surface area (Å²) in [6.45, 7) is 6.63. The molecule has 1 unspecified atom stereocenters. The molecular weight excluding hydrogens is 733 g/mol. The highest BCUT2D eigenvalue weighted by atomic mass is 16.6. The second kappa shape index (κ2) is 48.8. The first-order valence-electron chi connectivity index (χ1n) is 26.2. The van der Waals surface area contributed by atoms with Crippen LogP contribution < -0.4 is 0 Å². The average Bonchev–Trinajstić information content (AvgIpc) is 3.23. The molecule has 0 fully saturated rings. The number of ether oxygens (including phenoxy) is 3. The van der Waals surface area contributed by atoms with Crippen molar-refractivity contribution in [2.45, 2.75) is 297 Å². The molecule has 0 aromatic rings. The van der Waals surface area contributed by atoms with Crippen molar-refractivity contribution in [2.24, 2.45) is 0 Å². The molecule has 0 N–H and O–H groups in total. The summed E-state index contributed by atoms with van der Waals surface area (Å²) in [7, 11) is 0. The van der Waals surface area contributed by atoms with Crippen molar-refractivity contribution in [1.29, 1.82) is 0 Å². The molecule has 0 aliphatic rings. The fraction of sp³-hybridized carbons (Fsp3) is 0.906. The number of carbonyl (C=O) groups excluding carboxylic acids is 3. The summed E-state index contributed by atoms with van der Waals surface area (Å²) in [5.41, 5.74) is 0. The highest BCUT2D eigenvalue weighted by Crippen LogP contribution is 2.16. The molecule has 6 heteroatoms. The highest BCUT2D eigenvalue weighted by Gasteiger charge is 2.19. The van der Waals surface area contributed by atoms with E-state index in [2.05, 4.69) is 32.9 Å². The van der Waals surface area contributed by atoms with Gasteiger partial charge >= 0.3 is 17.9 Å². The molecule has 0 bridgehead atoms. The van der Waals surface area contributed by atoms with Crippen molar-refractivity contribution in [3.63, 3.8) is 0 Å². The van der Waals surface area contributed by atoms with Crippen LogP contribution in [0.2, 0.25) is 0 Å². The Balaban J connectivity index is 4.29. The van der Waals surface area contributed by atoms with Gasteiger partial charge in [0.1, 0.15) is 13.2 Å². The van der Waals surface area contributed by atoms with E-state index in [1.165, 1.54) is 186 Å². The van der Waals surface area contributed by atoms with Crippen molar-refractivity contribution in [3.8, 4) is 0 Å². The SMILES string of the molecule is CCCC/C=C\CCCCCCCC(=O)OCC(COC(=O)CCCCCCCCCCCCCCCCCCC)OC(=O)CCCCCCCCCCCCCCC. The predicted octanol–water partition coefficient (Wildman–Crippen LogP) is 17.0. The molecule has 1 atom stereocenters. The van der Waals surface area contributed by atoms with Crippen LogP contribution in [0.1, 0.15) is 290 Å². The fourth-order valence-corrected chi connectivity index (χ4v) is 7.78. The van der Waals surface area contributed by atoms with Crippen LogP contribution in [0.4, 0.5) is 0 Å². The van der Waals surface area contributed by atoms with Crippen molar-refractivity contribution in [2.75, 3.05) is 13.2 Å². The second-order valence-corrected chi connectivity index (χ2v) is 17.8. The van der Waals surface area contributed by atoms with Crippen LogP contribution in [0.15, 0.2) is 12.2 Å². The lowest BCUT2D eigenvalue weighted by molar-refractivity contribution is -0.167. The maximum Gasteiger partial charge on any atom is 0.306 e. The molecule has 0 aromatic heterocycles. The summed E-state index contributed by atoms with van der Waals surface area (Å²) in [5, 5.41) is 0. The minimum atomic E-state index is -0.765. The zero-order chi connectivity index (χ0) is 43.0. The van der Waals surface area contributed by atoms with Crippen molar-refractivity contribution in [3.05, 3.63) is 12.2 Å². The van der Waals surface area contributed by atoms with Gasteiger partial charge in [-0.25, -0.2) is 0 Å². The summed E-state index contributed by atoms with van der Waals surface area (Å²) in [4.78, 5) is 37.9. The minimum Gasteiger partial charge on any atom is -0.462 e. The van der Waals surface area contributed by atoms with Gasteiger partial charge in [-0.05, 0) is 38.5 Å². The Hall–Kier alpha value is -1.85. The maximum absolute atomic E-state index is 12.8. The number of hydrogen-bond acceptors (Lipinski definition) is 6. The quantitative estimate of drug-likeness (QED) is 0.0263. The molecular formula is C53H100O6. The first kappa shape index (κ1) is 57.1. The number of allylic oxidation sites excluding steroid dienone is 2. The number of hydrogen-bond donors (Lipinski definition) is 0. The Bertz CT molecular complexity index is 916. The van der Waals surface area contributed by atoms with E-state index < -0.39 is 6.10 Å². The molecule has 0 amide bonds. The van der Waals surface area contributed by atoms with Gasteiger partial charge in [0.2, 0.25) is 0 Å². The summed E-state index contributed by atoms with van der Waals surface area (Å²) in [5.74, 6) is -0.860. The van der Waals surface area contributed by atoms with Gasteiger partial charge in [0, 0.05) is 19.3 Å². The number of rotatable bonds is 48. The van der Waals surface area contributed by atoms with Gasteiger partial charge in [-0.2, -0.15) is 0 Å². The zero-order valence-electron chi connectivity index (χ0n) is 39.8. The van der Waals surface area contributed by atoms with Gasteiger partial charge in [-0.15, -0.1) is 0 Å². The van der Waals surface area contributed by atoms with E-state index in [1.54, 1.807) is 0 Å². The molecule has 0 rings (SSSR count). The number of unbranched alkanes of at least 4 members (excludes halogenated alkanes) is 35. The zero-order valence-corrected chi connectivity index (χ0v) is 39.8. The van der Waals surface area contributed by atoms with Crippen LogP contribution in [0.3, 0.4) is 0 Å². The Morgan fingerprint density at radius 2 is 0.576 bits per heavy atom. The highest BCUT2D eigenvalue weighted by molar-refractivity contribution is 5.71. The van der Waals surface area contributed by atoms with Gasteiger partial charge in [0.05, 0.1) is 0 Å². The lowest BCUT2D eigenvalue weighted by Gasteiger charge is -2.18. The van der Waals surface area contributed by atoms with Gasteiger partial charge < -0.3 is 14.2 Å². The van der Waals surface area contributed by atoms with Crippen molar-refractivity contribution in [1.82, 2.24) is 0 Å². The molecule has 59 heavy (non-hydrogen) atoms. The van der Waals surface area contributed by atoms with Crippen LogP contribution in [0.25, 0.3) is 0 Å². The van der Waals surface area contributed by atoms with Gasteiger partial charge in [-0.3, -0.25) is 14.4 Å². The van der Waals surface area contributed by atoms with Gasteiger partial charge in [0.15, 0.2) is 6.10 Å². The second-order valence-electron chi connectivity index (χ2n) is 17.8. The molecule has 0 aliphatic heterocycles. The van der Waals surface area contributed by atoms with E-state index >= 15 is 0 Å². The first-order chi connectivity index (χ1) is 29.0. The van der Waals surface area contributed by atoms with E-state index in [1.807, 2.05) is 0 Å². The van der Waals surface area contributed by atoms with E-state index in [0.717, 1.165) is 64.2 Å². The predicted molar refractivity (Wildman–Crippen MR) is 252 cm³/mol. The Morgan fingerprint density at radius 1 is 0.322 bits per heavy atom. The molecule has 6 nitrogen and oxygen atoms in total. The molecule has 348 valence electrons. The summed E-state index contributed by atoms with van der Waals surface area (Å²) < 4.78 is 16.8. The maximum atomic E-state index is 12.8. The standard InChI is InChI=1S/C53H100O6/c1-4-7-10-13-16-19-22-24-25-26-27-29-31-34-37-40-43-46-52(55)58-49-50(48-57-51(54)45-42-39-36-33-30-21-18-15-12-9-6-3)59-53(56)47-44-41-38-35-32-28-23-20-17-14-11-8-5-2/h15,18,50H,4-14,16-17,19-49H2,1-3H3/b18-15-. The van der Waals surface area contributed by atoms with E-state index in [0.29, 0.717) is 19.3 Å². The first-order valence-corrected chi connectivity index (χ1v) is 26.2. The van der Waals surface area contributed by atoms with Crippen molar-refractivity contribution < 1.29 is 28.6 Å². The number of carbonyl (C=O) groups is 3. The summed E-state index contributed by atoms with van der Waals surface area (Å²) in [6, 6.07) is 0. The topological polar surface area (TPSA) is 78.9 Å². The molecule has 0 heterocycles. The van der Waals surface area contributed by atoms with E-state index in [9.17, 15) is 14.4 Å². The molecule has 0 spiro atoms. The molecule has 0 aliphatic carbocycles. The number of esters is 3. The molecule has 0 radical (unpaired) electrons. The molecule has 0 saturated carbocycles. The van der Waals surface area contributed by atoms with Crippen LogP contribution in [-0.4, -0.2) is 37.2 Å². The third-order valence-corrected chi connectivity index (χ3v) is 11.8. The van der Waals surface area contributed by atoms with Crippen LogP contribution >= 0.6 is 0 Å². The van der Waals surface area contributed by atoms with E-state index in [-0.39, 0.29) is 31.1 Å². The van der Waals surface area contributed by atoms with Crippen LogP contribution in [0, 0.1) is 0 Å². The minimum absolute atomic E-state index is 0.0672. The van der Waals surface area contributed by atoms with Crippen molar-refractivity contribution >= 4 is 17.9 Å².